The van der Waals surface area contributed by atoms with Gasteiger partial charge in [0, 0.05) is 13.1 Å². The zero-order chi connectivity index (χ0) is 12.7. The van der Waals surface area contributed by atoms with Crippen LogP contribution in [0.25, 0.3) is 0 Å². The number of rotatable bonds is 7. The van der Waals surface area contributed by atoms with Gasteiger partial charge in [0.1, 0.15) is 5.75 Å². The Morgan fingerprint density at radius 2 is 2.24 bits per heavy atom. The van der Waals surface area contributed by atoms with E-state index < -0.39 is 0 Å². The summed E-state index contributed by atoms with van der Waals surface area (Å²) < 4.78 is 6.12. The van der Waals surface area contributed by atoms with E-state index in [1.54, 1.807) is 7.11 Å². The Morgan fingerprint density at radius 1 is 1.47 bits per heavy atom. The fraction of sp³-hybridized carbons (Fsp3) is 0.538. The van der Waals surface area contributed by atoms with E-state index in [0.717, 1.165) is 29.6 Å². The molecule has 0 saturated carbocycles. The molecule has 0 amide bonds. The molecule has 0 spiro atoms. The van der Waals surface area contributed by atoms with Gasteiger partial charge >= 0.3 is 0 Å². The largest absolute Gasteiger partial charge is 0.496 e. The van der Waals surface area contributed by atoms with Gasteiger partial charge in [0.15, 0.2) is 0 Å². The minimum absolute atomic E-state index is 0.248. The summed E-state index contributed by atoms with van der Waals surface area (Å²) in [6, 6.07) is 5.98. The molecule has 0 aromatic heterocycles. The van der Waals surface area contributed by atoms with Gasteiger partial charge in [-0.1, -0.05) is 19.4 Å². The topological polar surface area (TPSA) is 41.5 Å². The van der Waals surface area contributed by atoms with Crippen LogP contribution >= 0.6 is 15.9 Å². The van der Waals surface area contributed by atoms with E-state index in [9.17, 15) is 5.11 Å². The van der Waals surface area contributed by atoms with Gasteiger partial charge in [-0.05, 0) is 40.0 Å². The van der Waals surface area contributed by atoms with Gasteiger partial charge in [0.2, 0.25) is 0 Å². The van der Waals surface area contributed by atoms with E-state index in [1.807, 2.05) is 18.2 Å². The fourth-order valence-electron chi connectivity index (χ4n) is 1.64. The predicted molar refractivity (Wildman–Crippen MR) is 73.3 cm³/mol. The molecule has 0 radical (unpaired) electrons. The summed E-state index contributed by atoms with van der Waals surface area (Å²) in [6.45, 7) is 3.46. The molecule has 1 atom stereocenters. The number of hydrogen-bond acceptors (Lipinski definition) is 3. The summed E-state index contributed by atoms with van der Waals surface area (Å²) in [7, 11) is 1.65. The zero-order valence-corrected chi connectivity index (χ0v) is 12.0. The lowest BCUT2D eigenvalue weighted by Gasteiger charge is -2.11. The predicted octanol–water partition coefficient (Wildman–Crippen LogP) is 2.71. The van der Waals surface area contributed by atoms with Gasteiger partial charge in [-0.2, -0.15) is 0 Å². The molecule has 1 rings (SSSR count). The number of nitrogens with one attached hydrogen (secondary N) is 1. The molecule has 2 N–H and O–H groups in total. The summed E-state index contributed by atoms with van der Waals surface area (Å²) in [5.41, 5.74) is 1.17. The Labute approximate surface area is 111 Å². The van der Waals surface area contributed by atoms with Crippen molar-refractivity contribution in [3.05, 3.63) is 28.2 Å². The van der Waals surface area contributed by atoms with Gasteiger partial charge in [0.25, 0.3) is 0 Å². The van der Waals surface area contributed by atoms with E-state index in [2.05, 4.69) is 28.2 Å². The Hall–Kier alpha value is -0.580. The van der Waals surface area contributed by atoms with Crippen molar-refractivity contribution in [3.63, 3.8) is 0 Å². The van der Waals surface area contributed by atoms with Crippen molar-refractivity contribution in [2.45, 2.75) is 32.4 Å². The molecule has 96 valence electrons. The Kier molecular flexibility index (Phi) is 6.55. The normalized spacial score (nSPS) is 12.5. The third kappa shape index (κ3) is 5.06. The molecule has 0 heterocycles. The van der Waals surface area contributed by atoms with Crippen LogP contribution in [0.2, 0.25) is 0 Å². The average molecular weight is 302 g/mol. The first-order valence-electron chi connectivity index (χ1n) is 5.88. The molecule has 0 bridgehead atoms. The van der Waals surface area contributed by atoms with Crippen LogP contribution in [0, 0.1) is 0 Å². The molecule has 0 aliphatic carbocycles. The minimum Gasteiger partial charge on any atom is -0.496 e. The second kappa shape index (κ2) is 7.69. The molecule has 1 unspecified atom stereocenters. The van der Waals surface area contributed by atoms with Gasteiger partial charge in [-0.3, -0.25) is 0 Å². The molecule has 0 saturated heterocycles. The highest BCUT2D eigenvalue weighted by molar-refractivity contribution is 9.10. The third-order valence-electron chi connectivity index (χ3n) is 2.55. The highest BCUT2D eigenvalue weighted by atomic mass is 79.9. The minimum atomic E-state index is -0.248. The standard InChI is InChI=1S/C13H20BrNO2/c1-3-4-11(16)9-15-8-10-5-6-13(17-2)12(14)7-10/h5-7,11,15-16H,3-4,8-9H2,1-2H3. The van der Waals surface area contributed by atoms with Crippen molar-refractivity contribution in [1.82, 2.24) is 5.32 Å². The first kappa shape index (κ1) is 14.5. The molecule has 1 aromatic rings. The maximum atomic E-state index is 9.57. The van der Waals surface area contributed by atoms with Crippen molar-refractivity contribution in [2.24, 2.45) is 0 Å². The zero-order valence-electron chi connectivity index (χ0n) is 10.4. The number of aliphatic hydroxyl groups is 1. The van der Waals surface area contributed by atoms with E-state index in [0.29, 0.717) is 6.54 Å². The number of benzene rings is 1. The third-order valence-corrected chi connectivity index (χ3v) is 3.17. The van der Waals surface area contributed by atoms with Crippen LogP contribution in [0.5, 0.6) is 5.75 Å². The van der Waals surface area contributed by atoms with Gasteiger partial charge in [-0.15, -0.1) is 0 Å². The SMILES string of the molecule is CCCC(O)CNCc1ccc(OC)c(Br)c1. The number of ether oxygens (including phenoxy) is 1. The molecular weight excluding hydrogens is 282 g/mol. The maximum Gasteiger partial charge on any atom is 0.133 e. The number of halogens is 1. The quantitative estimate of drug-likeness (QED) is 0.814. The summed E-state index contributed by atoms with van der Waals surface area (Å²) in [4.78, 5) is 0. The number of hydrogen-bond donors (Lipinski definition) is 2. The molecule has 17 heavy (non-hydrogen) atoms. The lowest BCUT2D eigenvalue weighted by atomic mass is 10.2. The summed E-state index contributed by atoms with van der Waals surface area (Å²) >= 11 is 3.45. The van der Waals surface area contributed by atoms with Crippen molar-refractivity contribution in [1.29, 1.82) is 0 Å². The lowest BCUT2D eigenvalue weighted by Crippen LogP contribution is -2.26. The molecule has 1 aromatic carbocycles. The van der Waals surface area contributed by atoms with Crippen LogP contribution in [0.4, 0.5) is 0 Å². The summed E-state index contributed by atoms with van der Waals surface area (Å²) in [5.74, 6) is 0.833. The molecular formula is C13H20BrNO2. The van der Waals surface area contributed by atoms with Crippen molar-refractivity contribution in [3.8, 4) is 5.75 Å². The molecule has 0 fully saturated rings. The van der Waals surface area contributed by atoms with Crippen LogP contribution in [0.3, 0.4) is 0 Å². The summed E-state index contributed by atoms with van der Waals surface area (Å²) in [5, 5.41) is 12.8. The van der Waals surface area contributed by atoms with Gasteiger partial charge in [0.05, 0.1) is 17.7 Å². The second-order valence-electron chi connectivity index (χ2n) is 4.04. The van der Waals surface area contributed by atoms with E-state index >= 15 is 0 Å². The maximum absolute atomic E-state index is 9.57. The van der Waals surface area contributed by atoms with E-state index in [-0.39, 0.29) is 6.10 Å². The highest BCUT2D eigenvalue weighted by Crippen LogP contribution is 2.25. The van der Waals surface area contributed by atoms with Crippen molar-refractivity contribution < 1.29 is 9.84 Å². The van der Waals surface area contributed by atoms with Crippen LogP contribution < -0.4 is 10.1 Å². The van der Waals surface area contributed by atoms with Crippen LogP contribution in [-0.2, 0) is 6.54 Å². The molecule has 0 aliphatic heterocycles. The molecule has 3 nitrogen and oxygen atoms in total. The first-order valence-corrected chi connectivity index (χ1v) is 6.67. The fourth-order valence-corrected chi connectivity index (χ4v) is 2.23. The first-order chi connectivity index (χ1) is 8.17. The van der Waals surface area contributed by atoms with Crippen LogP contribution in [-0.4, -0.2) is 24.9 Å². The van der Waals surface area contributed by atoms with Crippen molar-refractivity contribution in [2.75, 3.05) is 13.7 Å². The van der Waals surface area contributed by atoms with Crippen LogP contribution in [0.1, 0.15) is 25.3 Å². The van der Waals surface area contributed by atoms with Gasteiger partial charge in [-0.25, -0.2) is 0 Å². The number of methoxy groups -OCH3 is 1. The molecule has 4 heteroatoms. The summed E-state index contributed by atoms with van der Waals surface area (Å²) in [6.07, 6.45) is 1.61. The van der Waals surface area contributed by atoms with Gasteiger partial charge < -0.3 is 15.2 Å². The lowest BCUT2D eigenvalue weighted by molar-refractivity contribution is 0.160. The number of aliphatic hydroxyl groups excluding tert-OH is 1. The Morgan fingerprint density at radius 3 is 2.82 bits per heavy atom. The highest BCUT2D eigenvalue weighted by Gasteiger charge is 2.03. The average Bonchev–Trinajstić information content (AvgIpc) is 2.29. The Bertz CT molecular complexity index is 344. The van der Waals surface area contributed by atoms with E-state index in [1.165, 1.54) is 5.56 Å². The molecule has 0 aliphatic rings. The monoisotopic (exact) mass is 301 g/mol. The van der Waals surface area contributed by atoms with Crippen LogP contribution in [0.15, 0.2) is 22.7 Å². The second-order valence-corrected chi connectivity index (χ2v) is 4.90. The Balaban J connectivity index is 2.39. The van der Waals surface area contributed by atoms with E-state index in [4.69, 9.17) is 4.74 Å². The smallest absolute Gasteiger partial charge is 0.133 e. The van der Waals surface area contributed by atoms with Crippen molar-refractivity contribution >= 4 is 15.9 Å².